The highest BCUT2D eigenvalue weighted by Crippen LogP contribution is 2.28. The van der Waals surface area contributed by atoms with Gasteiger partial charge >= 0.3 is 5.69 Å². The van der Waals surface area contributed by atoms with Crippen molar-refractivity contribution in [2.24, 2.45) is 0 Å². The number of aromatic nitrogens is 1. The van der Waals surface area contributed by atoms with Crippen LogP contribution in [0.25, 0.3) is 0 Å². The van der Waals surface area contributed by atoms with Gasteiger partial charge in [0.15, 0.2) is 10.9 Å². The molecule has 1 heterocycles. The number of nitrogens with two attached hydrogens (primary N) is 1. The van der Waals surface area contributed by atoms with E-state index in [2.05, 4.69) is 4.98 Å². The number of thiazole rings is 1. The van der Waals surface area contributed by atoms with Crippen LogP contribution in [0.1, 0.15) is 11.3 Å². The highest BCUT2D eigenvalue weighted by atomic mass is 32.1. The summed E-state index contributed by atoms with van der Waals surface area (Å²) in [6.45, 7) is 2.01. The number of ether oxygens (including phenoxy) is 1. The first-order chi connectivity index (χ1) is 8.56. The van der Waals surface area contributed by atoms with Crippen LogP contribution in [0.4, 0.5) is 10.8 Å². The van der Waals surface area contributed by atoms with Gasteiger partial charge in [-0.05, 0) is 18.6 Å². The summed E-state index contributed by atoms with van der Waals surface area (Å²) in [6, 6.07) is 4.74. The number of nitrogen functional groups attached to an aromatic ring is 1. The lowest BCUT2D eigenvalue weighted by molar-refractivity contribution is -0.386. The molecule has 6 nitrogen and oxygen atoms in total. The molecule has 0 saturated carbocycles. The van der Waals surface area contributed by atoms with Crippen LogP contribution >= 0.6 is 11.3 Å². The van der Waals surface area contributed by atoms with Crippen LogP contribution in [-0.4, -0.2) is 9.91 Å². The van der Waals surface area contributed by atoms with E-state index in [9.17, 15) is 10.1 Å². The zero-order valence-corrected chi connectivity index (χ0v) is 10.4. The van der Waals surface area contributed by atoms with Gasteiger partial charge in [-0.25, -0.2) is 4.98 Å². The molecule has 1 aromatic carbocycles. The van der Waals surface area contributed by atoms with Crippen LogP contribution in [0.15, 0.2) is 23.6 Å². The number of hydrogen-bond acceptors (Lipinski definition) is 6. The van der Waals surface area contributed by atoms with Crippen LogP contribution in [0.2, 0.25) is 0 Å². The van der Waals surface area contributed by atoms with E-state index in [0.717, 1.165) is 5.56 Å². The second-order valence-electron chi connectivity index (χ2n) is 3.69. The SMILES string of the molecule is Cc1ccc([N+](=O)[O-])c(OCc2csc(N)n2)c1. The first-order valence-electron chi connectivity index (χ1n) is 5.14. The third kappa shape index (κ3) is 2.75. The molecule has 0 bridgehead atoms. The van der Waals surface area contributed by atoms with E-state index >= 15 is 0 Å². The number of anilines is 1. The van der Waals surface area contributed by atoms with Crippen LogP contribution < -0.4 is 10.5 Å². The van der Waals surface area contributed by atoms with Crippen LogP contribution in [0.3, 0.4) is 0 Å². The molecule has 18 heavy (non-hydrogen) atoms. The predicted octanol–water partition coefficient (Wildman–Crippen LogP) is 2.52. The quantitative estimate of drug-likeness (QED) is 0.677. The van der Waals surface area contributed by atoms with Crippen molar-refractivity contribution in [3.63, 3.8) is 0 Å². The minimum atomic E-state index is -0.468. The summed E-state index contributed by atoms with van der Waals surface area (Å²) >= 11 is 1.31. The summed E-state index contributed by atoms with van der Waals surface area (Å²) in [5.41, 5.74) is 7.00. The monoisotopic (exact) mass is 265 g/mol. The maximum atomic E-state index is 10.8. The third-order valence-electron chi connectivity index (χ3n) is 2.26. The molecule has 0 unspecified atom stereocenters. The second kappa shape index (κ2) is 5.01. The lowest BCUT2D eigenvalue weighted by Crippen LogP contribution is -2.00. The molecule has 0 spiro atoms. The zero-order chi connectivity index (χ0) is 13.1. The van der Waals surface area contributed by atoms with E-state index in [4.69, 9.17) is 10.5 Å². The van der Waals surface area contributed by atoms with E-state index in [1.165, 1.54) is 17.4 Å². The Balaban J connectivity index is 2.17. The van der Waals surface area contributed by atoms with Crippen molar-refractivity contribution in [1.82, 2.24) is 4.98 Å². The summed E-state index contributed by atoms with van der Waals surface area (Å²) < 4.78 is 5.43. The Kier molecular flexibility index (Phi) is 3.42. The van der Waals surface area contributed by atoms with Crippen LogP contribution in [-0.2, 0) is 6.61 Å². The van der Waals surface area contributed by atoms with Crippen LogP contribution in [0, 0.1) is 17.0 Å². The van der Waals surface area contributed by atoms with E-state index in [1.807, 2.05) is 6.92 Å². The first kappa shape index (κ1) is 12.3. The maximum Gasteiger partial charge on any atom is 0.310 e. The Labute approximate surface area is 107 Å². The molecule has 7 heteroatoms. The molecule has 0 atom stereocenters. The van der Waals surface area contributed by atoms with E-state index in [-0.39, 0.29) is 18.0 Å². The Morgan fingerprint density at radius 2 is 2.33 bits per heavy atom. The number of rotatable bonds is 4. The molecule has 0 aliphatic heterocycles. The highest BCUT2D eigenvalue weighted by Gasteiger charge is 2.15. The smallest absolute Gasteiger partial charge is 0.310 e. The van der Waals surface area contributed by atoms with Gasteiger partial charge in [-0.1, -0.05) is 6.07 Å². The number of hydrogen-bond donors (Lipinski definition) is 1. The number of aryl methyl sites for hydroxylation is 1. The lowest BCUT2D eigenvalue weighted by Gasteiger charge is -2.05. The number of nitro benzene ring substituents is 1. The number of nitro groups is 1. The molecule has 1 aromatic heterocycles. The average Bonchev–Trinajstić information content (AvgIpc) is 2.72. The summed E-state index contributed by atoms with van der Waals surface area (Å²) in [5, 5.41) is 13.1. The molecule has 2 N–H and O–H groups in total. The maximum absolute atomic E-state index is 10.8. The molecule has 94 valence electrons. The second-order valence-corrected chi connectivity index (χ2v) is 4.58. The standard InChI is InChI=1S/C11H11N3O3S/c1-7-2-3-9(14(15)16)10(4-7)17-5-8-6-18-11(12)13-8/h2-4,6H,5H2,1H3,(H2,12,13). The average molecular weight is 265 g/mol. The van der Waals surface area contributed by atoms with Gasteiger partial charge in [0.25, 0.3) is 0 Å². The molecular formula is C11H11N3O3S. The molecular weight excluding hydrogens is 254 g/mol. The summed E-state index contributed by atoms with van der Waals surface area (Å²) in [5.74, 6) is 0.242. The van der Waals surface area contributed by atoms with Gasteiger partial charge in [0.05, 0.1) is 10.6 Å². The Hall–Kier alpha value is -2.15. The fourth-order valence-corrected chi connectivity index (χ4v) is 1.98. The number of nitrogens with zero attached hydrogens (tertiary/aromatic N) is 2. The van der Waals surface area contributed by atoms with Gasteiger partial charge in [0.2, 0.25) is 0 Å². The highest BCUT2D eigenvalue weighted by molar-refractivity contribution is 7.13. The molecule has 2 aromatic rings. The Bertz CT molecular complexity index is 583. The lowest BCUT2D eigenvalue weighted by atomic mass is 10.2. The van der Waals surface area contributed by atoms with Crippen molar-refractivity contribution in [1.29, 1.82) is 0 Å². The van der Waals surface area contributed by atoms with Gasteiger partial charge < -0.3 is 10.5 Å². The van der Waals surface area contributed by atoms with Crippen molar-refractivity contribution in [3.8, 4) is 5.75 Å². The first-order valence-corrected chi connectivity index (χ1v) is 6.02. The third-order valence-corrected chi connectivity index (χ3v) is 2.98. The van der Waals surface area contributed by atoms with E-state index in [1.54, 1.807) is 17.5 Å². The molecule has 0 saturated heterocycles. The van der Waals surface area contributed by atoms with Gasteiger partial charge in [-0.2, -0.15) is 0 Å². The van der Waals surface area contributed by atoms with Crippen molar-refractivity contribution >= 4 is 22.2 Å². The molecule has 0 aliphatic rings. The normalized spacial score (nSPS) is 10.3. The molecule has 0 fully saturated rings. The minimum absolute atomic E-state index is 0.0520. The minimum Gasteiger partial charge on any atom is -0.480 e. The van der Waals surface area contributed by atoms with Gasteiger partial charge in [-0.15, -0.1) is 11.3 Å². The summed E-state index contributed by atoms with van der Waals surface area (Å²) in [4.78, 5) is 14.4. The molecule has 2 rings (SSSR count). The van der Waals surface area contributed by atoms with Crippen molar-refractivity contribution in [2.75, 3.05) is 5.73 Å². The number of benzene rings is 1. The summed E-state index contributed by atoms with van der Waals surface area (Å²) in [7, 11) is 0. The topological polar surface area (TPSA) is 91.3 Å². The van der Waals surface area contributed by atoms with Gasteiger partial charge in [0.1, 0.15) is 6.61 Å². The largest absolute Gasteiger partial charge is 0.480 e. The molecule has 0 amide bonds. The fraction of sp³-hybridized carbons (Fsp3) is 0.182. The van der Waals surface area contributed by atoms with Gasteiger partial charge in [-0.3, -0.25) is 10.1 Å². The predicted molar refractivity (Wildman–Crippen MR) is 68.7 cm³/mol. The molecule has 0 aliphatic carbocycles. The van der Waals surface area contributed by atoms with E-state index < -0.39 is 4.92 Å². The fourth-order valence-electron chi connectivity index (χ4n) is 1.43. The van der Waals surface area contributed by atoms with Gasteiger partial charge in [0, 0.05) is 11.4 Å². The van der Waals surface area contributed by atoms with Crippen molar-refractivity contribution < 1.29 is 9.66 Å². The van der Waals surface area contributed by atoms with Crippen LogP contribution in [0.5, 0.6) is 5.75 Å². The van der Waals surface area contributed by atoms with Crippen molar-refractivity contribution in [2.45, 2.75) is 13.5 Å². The zero-order valence-electron chi connectivity index (χ0n) is 9.62. The Morgan fingerprint density at radius 1 is 1.56 bits per heavy atom. The van der Waals surface area contributed by atoms with Crippen molar-refractivity contribution in [3.05, 3.63) is 45.0 Å². The Morgan fingerprint density at radius 3 is 2.94 bits per heavy atom. The molecule has 0 radical (unpaired) electrons. The summed E-state index contributed by atoms with van der Waals surface area (Å²) in [6.07, 6.45) is 0. The van der Waals surface area contributed by atoms with E-state index in [0.29, 0.717) is 10.8 Å².